The number of hydrogen-bond acceptors (Lipinski definition) is 2. The van der Waals surface area contributed by atoms with Gasteiger partial charge in [0.05, 0.1) is 0 Å². The Kier molecular flexibility index (Phi) is 3.41. The molecule has 0 fully saturated rings. The molecule has 1 heterocycles. The Hall–Kier alpha value is -0.830. The molecule has 0 amide bonds. The first-order chi connectivity index (χ1) is 7.27. The minimum Gasteiger partial charge on any atom is -0.324 e. The quantitative estimate of drug-likeness (QED) is 0.867. The van der Waals surface area contributed by atoms with Gasteiger partial charge in [0.15, 0.2) is 0 Å². The molecule has 15 heavy (non-hydrogen) atoms. The summed E-state index contributed by atoms with van der Waals surface area (Å²) in [5.41, 5.74) is 7.13. The highest BCUT2D eigenvalue weighted by Gasteiger charge is 2.10. The van der Waals surface area contributed by atoms with Gasteiger partial charge in [0.2, 0.25) is 0 Å². The first kappa shape index (κ1) is 10.7. The van der Waals surface area contributed by atoms with Crippen molar-refractivity contribution in [2.75, 3.05) is 0 Å². The van der Waals surface area contributed by atoms with Crippen LogP contribution in [0.2, 0.25) is 5.02 Å². The van der Waals surface area contributed by atoms with E-state index in [0.29, 0.717) is 0 Å². The number of halogens is 1. The van der Waals surface area contributed by atoms with Crippen LogP contribution in [0.4, 0.5) is 0 Å². The molecule has 1 nitrogen and oxygen atoms in total. The SMILES string of the molecule is NC(Cc1cccs1)c1ccccc1Cl. The van der Waals surface area contributed by atoms with Crippen molar-refractivity contribution in [1.29, 1.82) is 0 Å². The fraction of sp³-hybridized carbons (Fsp3) is 0.167. The molecule has 1 atom stereocenters. The second-order valence-corrected chi connectivity index (χ2v) is 4.85. The maximum Gasteiger partial charge on any atom is 0.0453 e. The van der Waals surface area contributed by atoms with E-state index >= 15 is 0 Å². The first-order valence-electron chi connectivity index (χ1n) is 4.80. The van der Waals surface area contributed by atoms with Gasteiger partial charge in [-0.2, -0.15) is 0 Å². The van der Waals surface area contributed by atoms with Crippen LogP contribution < -0.4 is 5.73 Å². The number of hydrogen-bond donors (Lipinski definition) is 1. The zero-order chi connectivity index (χ0) is 10.7. The molecule has 0 saturated heterocycles. The van der Waals surface area contributed by atoms with E-state index in [1.807, 2.05) is 30.3 Å². The number of nitrogens with two attached hydrogens (primary N) is 1. The van der Waals surface area contributed by atoms with E-state index in [1.54, 1.807) is 11.3 Å². The summed E-state index contributed by atoms with van der Waals surface area (Å²) < 4.78 is 0. The van der Waals surface area contributed by atoms with Crippen LogP contribution in [0.15, 0.2) is 41.8 Å². The van der Waals surface area contributed by atoms with Crippen molar-refractivity contribution in [2.24, 2.45) is 5.73 Å². The van der Waals surface area contributed by atoms with Crippen molar-refractivity contribution >= 4 is 22.9 Å². The molecule has 1 aromatic carbocycles. The average molecular weight is 238 g/mol. The lowest BCUT2D eigenvalue weighted by molar-refractivity contribution is 0.730. The minimum absolute atomic E-state index is 0.0163. The lowest BCUT2D eigenvalue weighted by Crippen LogP contribution is -2.13. The fourth-order valence-electron chi connectivity index (χ4n) is 1.53. The molecule has 1 unspecified atom stereocenters. The third-order valence-corrected chi connectivity index (χ3v) is 3.55. The summed E-state index contributed by atoms with van der Waals surface area (Å²) in [5.74, 6) is 0. The maximum atomic E-state index is 6.11. The third-order valence-electron chi connectivity index (χ3n) is 2.31. The van der Waals surface area contributed by atoms with Gasteiger partial charge in [-0.3, -0.25) is 0 Å². The molecule has 0 bridgehead atoms. The molecular formula is C12H12ClNS. The average Bonchev–Trinajstić information content (AvgIpc) is 2.71. The van der Waals surface area contributed by atoms with E-state index in [4.69, 9.17) is 17.3 Å². The number of benzene rings is 1. The van der Waals surface area contributed by atoms with Crippen LogP contribution >= 0.6 is 22.9 Å². The number of rotatable bonds is 3. The number of thiophene rings is 1. The molecule has 2 rings (SSSR count). The molecule has 78 valence electrons. The van der Waals surface area contributed by atoms with Crippen molar-refractivity contribution < 1.29 is 0 Å². The Balaban J connectivity index is 2.15. The molecule has 3 heteroatoms. The van der Waals surface area contributed by atoms with Crippen molar-refractivity contribution in [3.05, 3.63) is 57.2 Å². The normalized spacial score (nSPS) is 12.7. The smallest absolute Gasteiger partial charge is 0.0453 e. The van der Waals surface area contributed by atoms with Crippen molar-refractivity contribution in [1.82, 2.24) is 0 Å². The van der Waals surface area contributed by atoms with Crippen molar-refractivity contribution in [2.45, 2.75) is 12.5 Å². The van der Waals surface area contributed by atoms with E-state index in [2.05, 4.69) is 11.4 Å². The molecule has 2 aromatic rings. The van der Waals surface area contributed by atoms with Crippen molar-refractivity contribution in [3.8, 4) is 0 Å². The maximum absolute atomic E-state index is 6.11. The summed E-state index contributed by atoms with van der Waals surface area (Å²) in [6.07, 6.45) is 0.849. The molecule has 0 radical (unpaired) electrons. The van der Waals surface area contributed by atoms with Gasteiger partial charge in [-0.25, -0.2) is 0 Å². The second kappa shape index (κ2) is 4.79. The summed E-state index contributed by atoms with van der Waals surface area (Å²) in [7, 11) is 0. The minimum atomic E-state index is -0.0163. The van der Waals surface area contributed by atoms with E-state index in [9.17, 15) is 0 Å². The van der Waals surface area contributed by atoms with E-state index in [-0.39, 0.29) is 6.04 Å². The molecular weight excluding hydrogens is 226 g/mol. The third kappa shape index (κ3) is 2.59. The zero-order valence-electron chi connectivity index (χ0n) is 8.19. The zero-order valence-corrected chi connectivity index (χ0v) is 9.76. The largest absolute Gasteiger partial charge is 0.324 e. The van der Waals surface area contributed by atoms with E-state index in [0.717, 1.165) is 17.0 Å². The molecule has 0 spiro atoms. The lowest BCUT2D eigenvalue weighted by Gasteiger charge is -2.12. The van der Waals surface area contributed by atoms with Gasteiger partial charge < -0.3 is 5.73 Å². The molecule has 0 aliphatic rings. The summed E-state index contributed by atoms with van der Waals surface area (Å²) in [5, 5.41) is 2.82. The highest BCUT2D eigenvalue weighted by molar-refractivity contribution is 7.09. The van der Waals surface area contributed by atoms with E-state index in [1.165, 1.54) is 4.88 Å². The summed E-state index contributed by atoms with van der Waals surface area (Å²) in [4.78, 5) is 1.29. The van der Waals surface area contributed by atoms with Crippen molar-refractivity contribution in [3.63, 3.8) is 0 Å². The predicted octanol–water partition coefficient (Wildman–Crippen LogP) is 3.64. The highest BCUT2D eigenvalue weighted by Crippen LogP contribution is 2.24. The molecule has 0 aliphatic carbocycles. The van der Waals surface area contributed by atoms with Gasteiger partial charge in [0, 0.05) is 22.4 Å². The van der Waals surface area contributed by atoms with Crippen LogP contribution in [-0.4, -0.2) is 0 Å². The topological polar surface area (TPSA) is 26.0 Å². The predicted molar refractivity (Wildman–Crippen MR) is 66.4 cm³/mol. The molecule has 0 saturated carbocycles. The molecule has 2 N–H and O–H groups in total. The van der Waals surface area contributed by atoms with Gasteiger partial charge in [0.25, 0.3) is 0 Å². The van der Waals surface area contributed by atoms with Crippen LogP contribution in [0, 0.1) is 0 Å². The van der Waals surface area contributed by atoms with Gasteiger partial charge in [-0.1, -0.05) is 35.9 Å². The van der Waals surface area contributed by atoms with Gasteiger partial charge in [-0.05, 0) is 23.1 Å². The van der Waals surface area contributed by atoms with Crippen LogP contribution in [-0.2, 0) is 6.42 Å². The Bertz CT molecular complexity index is 425. The second-order valence-electron chi connectivity index (χ2n) is 3.41. The molecule has 1 aromatic heterocycles. The summed E-state index contributed by atoms with van der Waals surface area (Å²) >= 11 is 7.81. The summed E-state index contributed by atoms with van der Waals surface area (Å²) in [6.45, 7) is 0. The fourth-order valence-corrected chi connectivity index (χ4v) is 2.57. The van der Waals surface area contributed by atoms with Crippen LogP contribution in [0.3, 0.4) is 0 Å². The monoisotopic (exact) mass is 237 g/mol. The summed E-state index contributed by atoms with van der Waals surface area (Å²) in [6, 6.07) is 11.9. The Labute approximate surface area is 98.5 Å². The van der Waals surface area contributed by atoms with Gasteiger partial charge >= 0.3 is 0 Å². The van der Waals surface area contributed by atoms with Gasteiger partial charge in [-0.15, -0.1) is 11.3 Å². The van der Waals surface area contributed by atoms with Crippen LogP contribution in [0.5, 0.6) is 0 Å². The van der Waals surface area contributed by atoms with Gasteiger partial charge in [0.1, 0.15) is 0 Å². The highest BCUT2D eigenvalue weighted by atomic mass is 35.5. The van der Waals surface area contributed by atoms with E-state index < -0.39 is 0 Å². The Morgan fingerprint density at radius 3 is 2.67 bits per heavy atom. The first-order valence-corrected chi connectivity index (χ1v) is 6.05. The lowest BCUT2D eigenvalue weighted by atomic mass is 10.0. The standard InChI is InChI=1S/C12H12ClNS/c13-11-6-2-1-5-10(11)12(14)8-9-4-3-7-15-9/h1-7,12H,8,14H2. The Morgan fingerprint density at radius 2 is 2.00 bits per heavy atom. The van der Waals surface area contributed by atoms with Crippen LogP contribution in [0.1, 0.15) is 16.5 Å². The molecule has 0 aliphatic heterocycles. The van der Waals surface area contributed by atoms with Crippen LogP contribution in [0.25, 0.3) is 0 Å². The Morgan fingerprint density at radius 1 is 1.20 bits per heavy atom.